The number of rotatable bonds is 9. The third kappa shape index (κ3) is 6.34. The molecule has 0 fully saturated rings. The van der Waals surface area contributed by atoms with E-state index in [1.165, 1.54) is 12.1 Å². The number of fused-ring (bicyclic) bond motifs is 1. The van der Waals surface area contributed by atoms with Crippen molar-refractivity contribution in [1.29, 1.82) is 0 Å². The summed E-state index contributed by atoms with van der Waals surface area (Å²) in [4.78, 5) is 10.8. The molecule has 2 aromatic rings. The Kier molecular flexibility index (Phi) is 9.88. The van der Waals surface area contributed by atoms with Gasteiger partial charge in [-0.2, -0.15) is 0 Å². The number of benzene rings is 2. The van der Waals surface area contributed by atoms with Gasteiger partial charge < -0.3 is 20.1 Å². The van der Waals surface area contributed by atoms with E-state index < -0.39 is 30.2 Å². The average Bonchev–Trinajstić information content (AvgIpc) is 2.76. The second kappa shape index (κ2) is 12.0. The zero-order chi connectivity index (χ0) is 23.3. The van der Waals surface area contributed by atoms with Crippen LogP contribution >= 0.6 is 0 Å². The largest absolute Gasteiger partial charge is 0.482 e. The maximum atomic E-state index is 13.6. The van der Waals surface area contributed by atoms with Gasteiger partial charge in [-0.3, -0.25) is 4.79 Å². The SMILES string of the molecule is CCC1(CC)Oc2ccccc2C(c2ccc(F)cc2)=C1C=C[C@@H](O)C[C@@H](O)CC(=O)O.[Na]. The van der Waals surface area contributed by atoms with Gasteiger partial charge in [-0.15, -0.1) is 0 Å². The van der Waals surface area contributed by atoms with Gasteiger partial charge in [-0.1, -0.05) is 56.3 Å². The van der Waals surface area contributed by atoms with Crippen LogP contribution in [0, 0.1) is 5.82 Å². The number of carboxylic acids is 1. The molecular formula is C26H29FNaO5. The van der Waals surface area contributed by atoms with Gasteiger partial charge in [-0.25, -0.2) is 4.39 Å². The van der Waals surface area contributed by atoms with Gasteiger partial charge in [-0.05, 0) is 42.2 Å². The number of aliphatic hydroxyl groups excluding tert-OH is 2. The van der Waals surface area contributed by atoms with E-state index in [1.807, 2.05) is 38.1 Å². The Balaban J connectivity index is 0.00000385. The Morgan fingerprint density at radius 2 is 1.73 bits per heavy atom. The monoisotopic (exact) mass is 463 g/mol. The first-order valence-corrected chi connectivity index (χ1v) is 10.8. The summed E-state index contributed by atoms with van der Waals surface area (Å²) in [6.07, 6.45) is 1.97. The minimum absolute atomic E-state index is 0. The second-order valence-electron chi connectivity index (χ2n) is 8.01. The number of hydrogen-bond donors (Lipinski definition) is 3. The molecule has 1 heterocycles. The van der Waals surface area contributed by atoms with E-state index in [0.29, 0.717) is 12.8 Å². The van der Waals surface area contributed by atoms with Gasteiger partial charge >= 0.3 is 5.97 Å². The molecule has 33 heavy (non-hydrogen) atoms. The number of aliphatic hydroxyl groups is 2. The molecule has 5 nitrogen and oxygen atoms in total. The molecule has 1 aliphatic heterocycles. The zero-order valence-electron chi connectivity index (χ0n) is 19.3. The van der Waals surface area contributed by atoms with Crippen molar-refractivity contribution < 1.29 is 29.2 Å². The van der Waals surface area contributed by atoms with E-state index in [9.17, 15) is 19.4 Å². The predicted octanol–water partition coefficient (Wildman–Crippen LogP) is 4.34. The van der Waals surface area contributed by atoms with Crippen LogP contribution in [0.25, 0.3) is 5.57 Å². The quantitative estimate of drug-likeness (QED) is 0.482. The van der Waals surface area contributed by atoms with Crippen molar-refractivity contribution >= 4 is 41.1 Å². The molecule has 0 saturated carbocycles. The molecular weight excluding hydrogens is 434 g/mol. The van der Waals surface area contributed by atoms with Crippen LogP contribution in [0.15, 0.2) is 66.3 Å². The molecule has 0 bridgehead atoms. The number of ether oxygens (including phenoxy) is 1. The summed E-state index contributed by atoms with van der Waals surface area (Å²) in [7, 11) is 0. The van der Waals surface area contributed by atoms with E-state index in [-0.39, 0.29) is 41.8 Å². The fourth-order valence-electron chi connectivity index (χ4n) is 4.19. The zero-order valence-corrected chi connectivity index (χ0v) is 21.3. The summed E-state index contributed by atoms with van der Waals surface area (Å²) in [5.41, 5.74) is 2.78. The number of para-hydroxylation sites is 1. The number of halogens is 1. The summed E-state index contributed by atoms with van der Waals surface area (Å²) in [6, 6.07) is 14.0. The maximum absolute atomic E-state index is 13.6. The molecule has 3 N–H and O–H groups in total. The van der Waals surface area contributed by atoms with Crippen molar-refractivity contribution in [3.8, 4) is 5.75 Å². The van der Waals surface area contributed by atoms with E-state index in [2.05, 4.69) is 0 Å². The average molecular weight is 464 g/mol. The van der Waals surface area contributed by atoms with Crippen molar-refractivity contribution in [3.05, 3.63) is 83.2 Å². The van der Waals surface area contributed by atoms with Crippen molar-refractivity contribution in [2.45, 2.75) is 57.3 Å². The van der Waals surface area contributed by atoms with Crippen molar-refractivity contribution in [2.24, 2.45) is 0 Å². The van der Waals surface area contributed by atoms with Crippen molar-refractivity contribution in [2.75, 3.05) is 0 Å². The standard InChI is InChI=1S/C26H29FO5.Na/c1-3-26(4-2)22(14-13-19(28)15-20(29)16-24(30)31)25(17-9-11-18(27)12-10-17)21-7-5-6-8-23(21)32-26;/h5-14,19-20,28-29H,3-4,15-16H2,1-2H3,(H,30,31);/t19-,20-;/m1./s1. The molecule has 7 heteroatoms. The van der Waals surface area contributed by atoms with Gasteiger partial charge in [0.2, 0.25) is 0 Å². The van der Waals surface area contributed by atoms with Gasteiger partial charge in [0.25, 0.3) is 0 Å². The molecule has 0 spiro atoms. The van der Waals surface area contributed by atoms with Gasteiger partial charge in [0.1, 0.15) is 17.2 Å². The topological polar surface area (TPSA) is 87.0 Å². The van der Waals surface area contributed by atoms with Gasteiger partial charge in [0, 0.05) is 47.1 Å². The summed E-state index contributed by atoms with van der Waals surface area (Å²) in [6.45, 7) is 4.06. The molecule has 1 aliphatic rings. The Hall–Kier alpha value is -1.96. The molecule has 0 saturated heterocycles. The normalized spacial score (nSPS) is 16.5. The van der Waals surface area contributed by atoms with E-state index in [0.717, 1.165) is 28.0 Å². The van der Waals surface area contributed by atoms with Crippen LogP contribution < -0.4 is 4.74 Å². The molecule has 2 atom stereocenters. The van der Waals surface area contributed by atoms with Crippen LogP contribution in [0.3, 0.4) is 0 Å². The predicted molar refractivity (Wildman–Crippen MR) is 127 cm³/mol. The maximum Gasteiger partial charge on any atom is 0.305 e. The summed E-state index contributed by atoms with van der Waals surface area (Å²) < 4.78 is 20.1. The van der Waals surface area contributed by atoms with Gasteiger partial charge in [0.05, 0.1) is 18.6 Å². The van der Waals surface area contributed by atoms with E-state index in [4.69, 9.17) is 9.84 Å². The van der Waals surface area contributed by atoms with Crippen molar-refractivity contribution in [3.63, 3.8) is 0 Å². The molecule has 1 radical (unpaired) electrons. The van der Waals surface area contributed by atoms with Crippen LogP contribution in [0.1, 0.15) is 50.7 Å². The minimum atomic E-state index is -1.15. The third-order valence-corrected chi connectivity index (χ3v) is 5.91. The first-order chi connectivity index (χ1) is 15.3. The first-order valence-electron chi connectivity index (χ1n) is 10.8. The Bertz CT molecular complexity index is 1010. The van der Waals surface area contributed by atoms with Crippen molar-refractivity contribution in [1.82, 2.24) is 0 Å². The molecule has 0 aromatic heterocycles. The van der Waals surface area contributed by atoms with Crippen LogP contribution in [-0.2, 0) is 4.79 Å². The smallest absolute Gasteiger partial charge is 0.305 e. The third-order valence-electron chi connectivity index (χ3n) is 5.91. The molecule has 2 aromatic carbocycles. The summed E-state index contributed by atoms with van der Waals surface area (Å²) in [5, 5.41) is 29.1. The fraction of sp³-hybridized carbons (Fsp3) is 0.346. The van der Waals surface area contributed by atoms with E-state index >= 15 is 0 Å². The Labute approximate surface area is 215 Å². The van der Waals surface area contributed by atoms with Crippen LogP contribution in [0.2, 0.25) is 0 Å². The number of aliphatic carboxylic acids is 1. The number of carbonyl (C=O) groups is 1. The Morgan fingerprint density at radius 1 is 1.09 bits per heavy atom. The summed E-state index contributed by atoms with van der Waals surface area (Å²) in [5.74, 6) is -0.708. The summed E-state index contributed by atoms with van der Waals surface area (Å²) >= 11 is 0. The Morgan fingerprint density at radius 3 is 2.33 bits per heavy atom. The number of hydrogen-bond acceptors (Lipinski definition) is 4. The number of carboxylic acid groups (broad SMARTS) is 1. The van der Waals surface area contributed by atoms with Gasteiger partial charge in [0.15, 0.2) is 0 Å². The minimum Gasteiger partial charge on any atom is -0.482 e. The second-order valence-corrected chi connectivity index (χ2v) is 8.01. The van der Waals surface area contributed by atoms with Crippen LogP contribution in [0.4, 0.5) is 4.39 Å². The fourth-order valence-corrected chi connectivity index (χ4v) is 4.19. The van der Waals surface area contributed by atoms with Crippen LogP contribution in [0.5, 0.6) is 5.75 Å². The van der Waals surface area contributed by atoms with Crippen LogP contribution in [-0.4, -0.2) is 68.7 Å². The molecule has 3 rings (SSSR count). The molecule has 171 valence electrons. The molecule has 0 aliphatic carbocycles. The molecule has 0 unspecified atom stereocenters. The van der Waals surface area contributed by atoms with E-state index in [1.54, 1.807) is 24.3 Å². The first kappa shape index (κ1) is 27.3. The molecule has 0 amide bonds.